The quantitative estimate of drug-likeness (QED) is 0.231. The highest BCUT2D eigenvalue weighted by atomic mass is 32.2. The standard InChI is InChI=1S/C30H25F3N2O6S/c1-39-22-10-12-23(13-11-22)42(37,38)28-21(14-15-34)16-19-6-2-4-8-24(19)25(28)18-40-35-26-9-5-3-7-20(26)17-27(35)41-29(36)30(31,32)33/h2-13,16-17H,14-15,18,34H2,1H3. The van der Waals surface area contributed by atoms with Crippen LogP contribution in [0.25, 0.3) is 21.7 Å². The highest BCUT2D eigenvalue weighted by Crippen LogP contribution is 2.35. The number of nitrogens with zero attached hydrogens (tertiary/aromatic N) is 1. The van der Waals surface area contributed by atoms with Crippen molar-refractivity contribution in [3.8, 4) is 11.6 Å². The van der Waals surface area contributed by atoms with Crippen molar-refractivity contribution in [2.45, 2.75) is 29.0 Å². The van der Waals surface area contributed by atoms with E-state index in [0.717, 1.165) is 4.73 Å². The second-order valence-corrected chi connectivity index (χ2v) is 11.2. The van der Waals surface area contributed by atoms with Gasteiger partial charge in [0.1, 0.15) is 12.4 Å². The summed E-state index contributed by atoms with van der Waals surface area (Å²) >= 11 is 0. The van der Waals surface area contributed by atoms with Crippen LogP contribution in [0, 0.1) is 0 Å². The van der Waals surface area contributed by atoms with Gasteiger partial charge in [0.05, 0.1) is 22.4 Å². The lowest BCUT2D eigenvalue weighted by molar-refractivity contribution is -0.190. The van der Waals surface area contributed by atoms with Gasteiger partial charge in [0.25, 0.3) is 0 Å². The number of hydrogen-bond acceptors (Lipinski definition) is 7. The first-order chi connectivity index (χ1) is 20.0. The summed E-state index contributed by atoms with van der Waals surface area (Å²) < 4.78 is 78.2. The number of methoxy groups -OCH3 is 1. The molecule has 0 aliphatic heterocycles. The van der Waals surface area contributed by atoms with Crippen LogP contribution in [-0.4, -0.2) is 38.9 Å². The third-order valence-corrected chi connectivity index (χ3v) is 8.57. The van der Waals surface area contributed by atoms with E-state index in [1.54, 1.807) is 48.5 Å². The molecular formula is C30H25F3N2O6S. The Balaban J connectivity index is 1.68. The SMILES string of the molecule is COc1ccc(S(=O)(=O)c2c(CCN)cc3ccccc3c2COn2c(OC(=O)C(F)(F)F)cc3ccccc32)cc1. The van der Waals surface area contributed by atoms with Crippen LogP contribution in [0.3, 0.4) is 0 Å². The molecule has 42 heavy (non-hydrogen) atoms. The molecule has 0 radical (unpaired) electrons. The number of para-hydroxylation sites is 1. The summed E-state index contributed by atoms with van der Waals surface area (Å²) in [5.41, 5.74) is 6.89. The number of carbonyl (C=O) groups excluding carboxylic acids is 1. The van der Waals surface area contributed by atoms with Crippen molar-refractivity contribution in [3.63, 3.8) is 0 Å². The third-order valence-electron chi connectivity index (χ3n) is 6.63. The minimum absolute atomic E-state index is 0.00399. The molecule has 0 spiro atoms. The van der Waals surface area contributed by atoms with E-state index in [2.05, 4.69) is 4.74 Å². The minimum atomic E-state index is -5.24. The zero-order valence-corrected chi connectivity index (χ0v) is 23.0. The highest BCUT2D eigenvalue weighted by molar-refractivity contribution is 7.91. The number of aromatic nitrogens is 1. The van der Waals surface area contributed by atoms with Gasteiger partial charge in [0.2, 0.25) is 15.7 Å². The van der Waals surface area contributed by atoms with Crippen LogP contribution in [-0.2, 0) is 27.7 Å². The van der Waals surface area contributed by atoms with Crippen molar-refractivity contribution in [3.05, 3.63) is 96.1 Å². The Morgan fingerprint density at radius 3 is 2.26 bits per heavy atom. The maximum atomic E-state index is 14.2. The molecule has 0 unspecified atom stereocenters. The molecule has 4 aromatic carbocycles. The number of rotatable bonds is 9. The molecule has 1 aromatic heterocycles. The maximum absolute atomic E-state index is 14.2. The number of fused-ring (bicyclic) bond motifs is 2. The maximum Gasteiger partial charge on any atom is 0.491 e. The lowest BCUT2D eigenvalue weighted by Crippen LogP contribution is -2.29. The lowest BCUT2D eigenvalue weighted by Gasteiger charge is -2.20. The Hall–Kier alpha value is -4.55. The first kappa shape index (κ1) is 29.0. The number of nitrogens with two attached hydrogens (primary N) is 1. The summed E-state index contributed by atoms with van der Waals surface area (Å²) in [7, 11) is -2.69. The number of halogens is 3. The zero-order chi connectivity index (χ0) is 30.1. The molecule has 12 heteroatoms. The van der Waals surface area contributed by atoms with Gasteiger partial charge in [-0.3, -0.25) is 0 Å². The third kappa shape index (κ3) is 5.50. The minimum Gasteiger partial charge on any atom is -0.497 e. The van der Waals surface area contributed by atoms with Gasteiger partial charge < -0.3 is 20.0 Å². The Morgan fingerprint density at radius 2 is 1.60 bits per heavy atom. The molecule has 0 bridgehead atoms. The van der Waals surface area contributed by atoms with Crippen LogP contribution in [0.5, 0.6) is 11.6 Å². The smallest absolute Gasteiger partial charge is 0.491 e. The molecule has 1 heterocycles. The van der Waals surface area contributed by atoms with E-state index >= 15 is 0 Å². The van der Waals surface area contributed by atoms with Crippen molar-refractivity contribution in [1.29, 1.82) is 0 Å². The van der Waals surface area contributed by atoms with Crippen molar-refractivity contribution in [2.24, 2.45) is 5.73 Å². The monoisotopic (exact) mass is 598 g/mol. The lowest BCUT2D eigenvalue weighted by atomic mass is 9.99. The fourth-order valence-electron chi connectivity index (χ4n) is 4.75. The highest BCUT2D eigenvalue weighted by Gasteiger charge is 2.42. The predicted molar refractivity (Wildman–Crippen MR) is 149 cm³/mol. The van der Waals surface area contributed by atoms with Crippen LogP contribution >= 0.6 is 0 Å². The van der Waals surface area contributed by atoms with E-state index in [-0.39, 0.29) is 28.3 Å². The summed E-state index contributed by atoms with van der Waals surface area (Å²) in [6, 6.07) is 22.4. The first-order valence-corrected chi connectivity index (χ1v) is 14.2. The second kappa shape index (κ2) is 11.4. The molecule has 0 atom stereocenters. The molecule has 2 N–H and O–H groups in total. The van der Waals surface area contributed by atoms with Gasteiger partial charge in [0, 0.05) is 17.0 Å². The van der Waals surface area contributed by atoms with Gasteiger partial charge in [-0.05, 0) is 65.7 Å². The molecule has 0 fully saturated rings. The van der Waals surface area contributed by atoms with Gasteiger partial charge in [-0.15, -0.1) is 4.73 Å². The summed E-state index contributed by atoms with van der Waals surface area (Å²) in [5.74, 6) is -2.47. The van der Waals surface area contributed by atoms with Gasteiger partial charge in [-0.25, -0.2) is 13.2 Å². The number of esters is 1. The first-order valence-electron chi connectivity index (χ1n) is 12.7. The Kier molecular flexibility index (Phi) is 7.85. The number of benzene rings is 4. The average Bonchev–Trinajstić information content (AvgIpc) is 3.32. The van der Waals surface area contributed by atoms with Crippen molar-refractivity contribution in [1.82, 2.24) is 4.73 Å². The number of ether oxygens (including phenoxy) is 2. The van der Waals surface area contributed by atoms with Crippen LogP contribution < -0.4 is 20.0 Å². The molecular weight excluding hydrogens is 573 g/mol. The fourth-order valence-corrected chi connectivity index (χ4v) is 6.48. The Morgan fingerprint density at radius 1 is 0.929 bits per heavy atom. The zero-order valence-electron chi connectivity index (χ0n) is 22.2. The number of carbonyl (C=O) groups is 1. The Labute approximate surface area is 238 Å². The number of alkyl halides is 3. The normalized spacial score (nSPS) is 12.0. The van der Waals surface area contributed by atoms with E-state index in [1.165, 1.54) is 37.4 Å². The van der Waals surface area contributed by atoms with Gasteiger partial charge >= 0.3 is 12.1 Å². The van der Waals surface area contributed by atoms with Crippen molar-refractivity contribution in [2.75, 3.05) is 13.7 Å². The van der Waals surface area contributed by atoms with Crippen LogP contribution in [0.15, 0.2) is 94.7 Å². The van der Waals surface area contributed by atoms with E-state index in [0.29, 0.717) is 33.0 Å². The summed E-state index contributed by atoms with van der Waals surface area (Å²) in [4.78, 5) is 17.7. The second-order valence-electron chi connectivity index (χ2n) is 9.28. The fraction of sp³-hybridized carbons (Fsp3) is 0.167. The van der Waals surface area contributed by atoms with Crippen molar-refractivity contribution >= 4 is 37.5 Å². The molecule has 0 saturated heterocycles. The van der Waals surface area contributed by atoms with Gasteiger partial charge in [-0.2, -0.15) is 13.2 Å². The summed E-state index contributed by atoms with van der Waals surface area (Å²) in [5, 5.41) is 1.71. The molecule has 0 amide bonds. The van der Waals surface area contributed by atoms with E-state index in [9.17, 15) is 26.4 Å². The molecule has 0 saturated carbocycles. The van der Waals surface area contributed by atoms with E-state index in [1.807, 2.05) is 6.07 Å². The molecule has 0 aliphatic rings. The number of sulfone groups is 1. The summed E-state index contributed by atoms with van der Waals surface area (Å²) in [6.45, 7) is -0.248. The average molecular weight is 599 g/mol. The van der Waals surface area contributed by atoms with Gasteiger partial charge in [-0.1, -0.05) is 42.5 Å². The molecule has 0 aliphatic carbocycles. The van der Waals surface area contributed by atoms with Crippen LogP contribution in [0.4, 0.5) is 13.2 Å². The van der Waals surface area contributed by atoms with Crippen LogP contribution in [0.2, 0.25) is 0 Å². The van der Waals surface area contributed by atoms with Gasteiger partial charge in [0.15, 0.2) is 0 Å². The molecule has 5 rings (SSSR count). The van der Waals surface area contributed by atoms with E-state index < -0.39 is 34.5 Å². The number of hydrogen-bond donors (Lipinski definition) is 1. The molecule has 218 valence electrons. The van der Waals surface area contributed by atoms with Crippen molar-refractivity contribution < 1.29 is 40.7 Å². The summed E-state index contributed by atoms with van der Waals surface area (Å²) in [6.07, 6.45) is -5.02. The van der Waals surface area contributed by atoms with E-state index in [4.69, 9.17) is 15.3 Å². The molecule has 5 aromatic rings. The largest absolute Gasteiger partial charge is 0.497 e. The topological polar surface area (TPSA) is 110 Å². The molecule has 8 nitrogen and oxygen atoms in total. The Bertz CT molecular complexity index is 1880. The predicted octanol–water partition coefficient (Wildman–Crippen LogP) is 5.23. The van der Waals surface area contributed by atoms with Crippen LogP contribution in [0.1, 0.15) is 11.1 Å².